The van der Waals surface area contributed by atoms with E-state index in [1.165, 1.54) is 24.3 Å². The highest BCUT2D eigenvalue weighted by Gasteiger charge is 2.23. The van der Waals surface area contributed by atoms with Crippen molar-refractivity contribution < 1.29 is 24.4 Å². The molecule has 1 aromatic heterocycles. The number of carboxylic acid groups (broad SMARTS) is 1. The highest BCUT2D eigenvalue weighted by molar-refractivity contribution is 5.90. The van der Waals surface area contributed by atoms with Gasteiger partial charge in [-0.15, -0.1) is 0 Å². The van der Waals surface area contributed by atoms with Gasteiger partial charge in [-0.25, -0.2) is 19.6 Å². The molecule has 3 aromatic rings. The molecule has 0 atom stereocenters. The van der Waals surface area contributed by atoms with Crippen LogP contribution in [0.15, 0.2) is 54.9 Å². The molecule has 0 saturated heterocycles. The Balaban J connectivity index is 1.80. The van der Waals surface area contributed by atoms with Gasteiger partial charge in [0.05, 0.1) is 22.7 Å². The summed E-state index contributed by atoms with van der Waals surface area (Å²) in [6.07, 6.45) is 1.15. The normalized spacial score (nSPS) is 10.5. The number of benzene rings is 2. The number of esters is 1. The van der Waals surface area contributed by atoms with E-state index in [-0.39, 0.29) is 23.1 Å². The van der Waals surface area contributed by atoms with E-state index in [0.29, 0.717) is 23.5 Å². The molecule has 0 fully saturated rings. The van der Waals surface area contributed by atoms with Gasteiger partial charge in [0.15, 0.2) is 0 Å². The minimum Gasteiger partial charge on any atom is -0.478 e. The van der Waals surface area contributed by atoms with Crippen LogP contribution in [0.1, 0.15) is 34.6 Å². The third-order valence-corrected chi connectivity index (χ3v) is 4.33. The van der Waals surface area contributed by atoms with Gasteiger partial charge >= 0.3 is 17.6 Å². The summed E-state index contributed by atoms with van der Waals surface area (Å²) in [5.41, 5.74) is 0.911. The lowest BCUT2D eigenvalue weighted by atomic mass is 10.2. The highest BCUT2D eigenvalue weighted by Crippen LogP contribution is 2.33. The van der Waals surface area contributed by atoms with Crippen molar-refractivity contribution in [1.29, 1.82) is 0 Å². The van der Waals surface area contributed by atoms with Crippen molar-refractivity contribution in [1.82, 2.24) is 9.97 Å². The maximum atomic E-state index is 12.0. The summed E-state index contributed by atoms with van der Waals surface area (Å²) in [4.78, 5) is 42.1. The van der Waals surface area contributed by atoms with E-state index >= 15 is 0 Å². The first-order chi connectivity index (χ1) is 15.7. The second-order valence-electron chi connectivity index (χ2n) is 7.38. The Kier molecular flexibility index (Phi) is 7.13. The lowest BCUT2D eigenvalue weighted by Crippen LogP contribution is -2.10. The van der Waals surface area contributed by atoms with Crippen molar-refractivity contribution in [3.63, 3.8) is 0 Å². The fraction of sp³-hybridized carbons (Fsp3) is 0.182. The van der Waals surface area contributed by atoms with Crippen LogP contribution < -0.4 is 10.6 Å². The van der Waals surface area contributed by atoms with Crippen LogP contribution >= 0.6 is 0 Å². The van der Waals surface area contributed by atoms with Crippen LogP contribution in [0.4, 0.5) is 28.7 Å². The van der Waals surface area contributed by atoms with Crippen LogP contribution in [0.2, 0.25) is 0 Å². The van der Waals surface area contributed by atoms with Crippen molar-refractivity contribution >= 4 is 40.6 Å². The van der Waals surface area contributed by atoms with Crippen LogP contribution in [0.5, 0.6) is 0 Å². The first-order valence-electron chi connectivity index (χ1n) is 9.88. The molecular formula is C22H21N5O6. The molecule has 0 saturated carbocycles. The lowest BCUT2D eigenvalue weighted by Gasteiger charge is -2.11. The molecule has 11 heteroatoms. The summed E-state index contributed by atoms with van der Waals surface area (Å²) in [6, 6.07) is 11.9. The largest absolute Gasteiger partial charge is 0.478 e. The molecule has 2 aromatic carbocycles. The molecule has 0 unspecified atom stereocenters. The van der Waals surface area contributed by atoms with E-state index in [2.05, 4.69) is 20.6 Å². The zero-order valence-electron chi connectivity index (χ0n) is 17.8. The van der Waals surface area contributed by atoms with Gasteiger partial charge in [-0.2, -0.15) is 0 Å². The third kappa shape index (κ3) is 6.00. The van der Waals surface area contributed by atoms with Gasteiger partial charge in [-0.05, 0) is 54.4 Å². The fourth-order valence-corrected chi connectivity index (χ4v) is 2.72. The summed E-state index contributed by atoms with van der Waals surface area (Å²) < 4.78 is 5.18. The molecule has 170 valence electrons. The minimum absolute atomic E-state index is 0.0604. The van der Waals surface area contributed by atoms with Gasteiger partial charge < -0.3 is 20.5 Å². The van der Waals surface area contributed by atoms with Gasteiger partial charge in [-0.1, -0.05) is 13.8 Å². The summed E-state index contributed by atoms with van der Waals surface area (Å²) in [5, 5.41) is 26.4. The van der Waals surface area contributed by atoms with E-state index in [4.69, 9.17) is 9.84 Å². The molecule has 0 amide bonds. The number of nitrogens with zero attached hydrogens (tertiary/aromatic N) is 3. The smallest absolute Gasteiger partial charge is 0.353 e. The topological polar surface area (TPSA) is 157 Å². The zero-order valence-corrected chi connectivity index (χ0v) is 17.8. The van der Waals surface area contributed by atoms with Crippen molar-refractivity contribution in [3.05, 3.63) is 76.1 Å². The predicted octanol–water partition coefficient (Wildman–Crippen LogP) is 4.38. The van der Waals surface area contributed by atoms with Gasteiger partial charge in [0.2, 0.25) is 11.6 Å². The van der Waals surface area contributed by atoms with Crippen LogP contribution in [0.3, 0.4) is 0 Å². The van der Waals surface area contributed by atoms with E-state index in [1.807, 2.05) is 13.8 Å². The summed E-state index contributed by atoms with van der Waals surface area (Å²) >= 11 is 0. The number of hydrogen-bond donors (Lipinski definition) is 3. The SMILES string of the molecule is CC(C)COC(=O)c1ccc(Nc2ncnc(Nc3ccc(C(=O)O)cc3)c2[N+](=O)[O-])cc1. The van der Waals surface area contributed by atoms with Gasteiger partial charge in [0, 0.05) is 11.4 Å². The fourth-order valence-electron chi connectivity index (χ4n) is 2.72. The standard InChI is InChI=1S/C22H21N5O6/c1-13(2)11-33-22(30)15-5-9-17(10-6-15)26-20-18(27(31)32)19(23-12-24-20)25-16-7-3-14(4-8-16)21(28)29/h3-10,12-13H,11H2,1-2H3,(H,28,29)(H2,23,24,25,26). The van der Waals surface area contributed by atoms with Crippen LogP contribution in [-0.4, -0.2) is 38.5 Å². The lowest BCUT2D eigenvalue weighted by molar-refractivity contribution is -0.383. The quantitative estimate of drug-likeness (QED) is 0.242. The first-order valence-corrected chi connectivity index (χ1v) is 9.88. The zero-order chi connectivity index (χ0) is 24.0. The monoisotopic (exact) mass is 451 g/mol. The molecule has 3 rings (SSSR count). The Morgan fingerprint density at radius 1 is 0.970 bits per heavy atom. The Bertz CT molecular complexity index is 1160. The van der Waals surface area contributed by atoms with Gasteiger partial charge in [0.1, 0.15) is 6.33 Å². The number of carbonyl (C=O) groups is 2. The number of nitrogens with one attached hydrogen (secondary N) is 2. The van der Waals surface area contributed by atoms with Crippen LogP contribution in [0.25, 0.3) is 0 Å². The van der Waals surface area contributed by atoms with E-state index in [9.17, 15) is 19.7 Å². The Labute approximate surface area is 188 Å². The maximum absolute atomic E-state index is 12.0. The molecule has 1 heterocycles. The van der Waals surface area contributed by atoms with Crippen molar-refractivity contribution in [2.45, 2.75) is 13.8 Å². The Morgan fingerprint density at radius 2 is 1.45 bits per heavy atom. The maximum Gasteiger partial charge on any atom is 0.353 e. The number of nitro groups is 1. The van der Waals surface area contributed by atoms with Crippen LogP contribution in [-0.2, 0) is 4.74 Å². The molecule has 3 N–H and O–H groups in total. The molecule has 0 bridgehead atoms. The average molecular weight is 451 g/mol. The average Bonchev–Trinajstić information content (AvgIpc) is 2.78. The number of ether oxygens (including phenoxy) is 1. The van der Waals surface area contributed by atoms with Crippen molar-refractivity contribution in [2.75, 3.05) is 17.2 Å². The summed E-state index contributed by atoms with van der Waals surface area (Å²) in [7, 11) is 0. The number of anilines is 4. The number of rotatable bonds is 9. The number of aromatic carboxylic acids is 1. The molecule has 33 heavy (non-hydrogen) atoms. The molecule has 0 aliphatic heterocycles. The molecular weight excluding hydrogens is 430 g/mol. The van der Waals surface area contributed by atoms with Gasteiger partial charge in [0.25, 0.3) is 0 Å². The minimum atomic E-state index is -1.08. The molecule has 0 spiro atoms. The van der Waals surface area contributed by atoms with E-state index < -0.39 is 22.5 Å². The molecule has 0 aliphatic carbocycles. The number of carbonyl (C=O) groups excluding carboxylic acids is 1. The number of carboxylic acids is 1. The molecule has 0 radical (unpaired) electrons. The van der Waals surface area contributed by atoms with Crippen LogP contribution in [0, 0.1) is 16.0 Å². The Morgan fingerprint density at radius 3 is 1.88 bits per heavy atom. The second-order valence-corrected chi connectivity index (χ2v) is 7.38. The van der Waals surface area contributed by atoms with Gasteiger partial charge in [-0.3, -0.25) is 10.1 Å². The number of aromatic nitrogens is 2. The Hall–Kier alpha value is -4.54. The third-order valence-electron chi connectivity index (χ3n) is 4.33. The predicted molar refractivity (Wildman–Crippen MR) is 120 cm³/mol. The second kappa shape index (κ2) is 10.2. The summed E-state index contributed by atoms with van der Waals surface area (Å²) in [6.45, 7) is 4.17. The van der Waals surface area contributed by atoms with E-state index in [0.717, 1.165) is 6.33 Å². The summed E-state index contributed by atoms with van der Waals surface area (Å²) in [5.74, 6) is -1.46. The van der Waals surface area contributed by atoms with Crippen molar-refractivity contribution in [2.24, 2.45) is 5.92 Å². The highest BCUT2D eigenvalue weighted by atomic mass is 16.6. The molecule has 0 aliphatic rings. The van der Waals surface area contributed by atoms with E-state index in [1.54, 1.807) is 24.3 Å². The number of hydrogen-bond acceptors (Lipinski definition) is 9. The molecule has 11 nitrogen and oxygen atoms in total. The van der Waals surface area contributed by atoms with Crippen molar-refractivity contribution in [3.8, 4) is 0 Å². The first kappa shape index (κ1) is 23.1.